The minimum absolute atomic E-state index is 0.0556. The first-order valence-electron chi connectivity index (χ1n) is 10.7. The molecule has 1 saturated heterocycles. The van der Waals surface area contributed by atoms with Gasteiger partial charge in [-0.15, -0.1) is 0 Å². The highest BCUT2D eigenvalue weighted by Crippen LogP contribution is 2.24. The maximum absolute atomic E-state index is 12.9. The smallest absolute Gasteiger partial charge is 0.254 e. The summed E-state index contributed by atoms with van der Waals surface area (Å²) in [5, 5.41) is 2.78. The zero-order chi connectivity index (χ0) is 22.4. The first-order chi connectivity index (χ1) is 14.8. The fourth-order valence-electron chi connectivity index (χ4n) is 3.29. The fourth-order valence-corrected chi connectivity index (χ4v) is 3.29. The molecule has 0 bridgehead atoms. The Morgan fingerprint density at radius 1 is 1.13 bits per heavy atom. The van der Waals surface area contributed by atoms with Crippen LogP contribution in [0.2, 0.25) is 0 Å². The molecule has 3 rings (SSSR count). The van der Waals surface area contributed by atoms with E-state index in [1.807, 2.05) is 56.9 Å². The molecule has 2 amide bonds. The summed E-state index contributed by atoms with van der Waals surface area (Å²) in [5.74, 6) is 1.75. The van der Waals surface area contributed by atoms with Crippen molar-refractivity contribution in [2.75, 3.05) is 25.0 Å². The van der Waals surface area contributed by atoms with Crippen molar-refractivity contribution in [1.82, 2.24) is 9.88 Å². The van der Waals surface area contributed by atoms with Crippen molar-refractivity contribution in [3.05, 3.63) is 48.2 Å². The van der Waals surface area contributed by atoms with Crippen LogP contribution in [0.25, 0.3) is 0 Å². The lowest BCUT2D eigenvalue weighted by Gasteiger charge is -2.32. The summed E-state index contributed by atoms with van der Waals surface area (Å²) in [6.07, 6.45) is 3.11. The molecule has 1 aromatic heterocycles. The van der Waals surface area contributed by atoms with Crippen molar-refractivity contribution in [3.8, 4) is 11.5 Å². The number of hydrogen-bond donors (Lipinski definition) is 1. The van der Waals surface area contributed by atoms with Crippen LogP contribution in [0.15, 0.2) is 42.6 Å². The van der Waals surface area contributed by atoms with Gasteiger partial charge in [-0.2, -0.15) is 0 Å². The highest BCUT2D eigenvalue weighted by molar-refractivity contribution is 5.97. The Labute approximate surface area is 183 Å². The SMILES string of the molecule is CCOc1cccc(OC2CCN(C(=O)c3ccnc(NC(=O)C(C)(C)C)c3)CC2)c1. The van der Waals surface area contributed by atoms with Crippen LogP contribution in [0.5, 0.6) is 11.5 Å². The molecule has 2 heterocycles. The van der Waals surface area contributed by atoms with Crippen molar-refractivity contribution in [2.24, 2.45) is 5.41 Å². The van der Waals surface area contributed by atoms with Crippen LogP contribution in [0.4, 0.5) is 5.82 Å². The number of nitrogens with one attached hydrogen (secondary N) is 1. The molecule has 0 spiro atoms. The average molecular weight is 426 g/mol. The lowest BCUT2D eigenvalue weighted by molar-refractivity contribution is -0.123. The Balaban J connectivity index is 1.56. The van der Waals surface area contributed by atoms with Gasteiger partial charge in [0.1, 0.15) is 23.4 Å². The quantitative estimate of drug-likeness (QED) is 0.752. The third-order valence-corrected chi connectivity index (χ3v) is 5.08. The van der Waals surface area contributed by atoms with Gasteiger partial charge in [0.05, 0.1) is 6.61 Å². The van der Waals surface area contributed by atoms with Gasteiger partial charge in [0, 0.05) is 49.2 Å². The standard InChI is InChI=1S/C24H31N3O4/c1-5-30-19-7-6-8-20(16-19)31-18-10-13-27(14-11-18)22(28)17-9-12-25-21(15-17)26-23(29)24(2,3)4/h6-9,12,15-16,18H,5,10-11,13-14H2,1-4H3,(H,25,26,29). The number of rotatable bonds is 6. The maximum atomic E-state index is 12.9. The number of piperidine rings is 1. The molecular weight excluding hydrogens is 394 g/mol. The Kier molecular flexibility index (Phi) is 7.15. The van der Waals surface area contributed by atoms with Gasteiger partial charge in [-0.25, -0.2) is 4.98 Å². The Morgan fingerprint density at radius 2 is 1.84 bits per heavy atom. The van der Waals surface area contributed by atoms with Gasteiger partial charge < -0.3 is 19.7 Å². The predicted molar refractivity (Wildman–Crippen MR) is 119 cm³/mol. The average Bonchev–Trinajstić information content (AvgIpc) is 2.74. The predicted octanol–water partition coefficient (Wildman–Crippen LogP) is 4.15. The van der Waals surface area contributed by atoms with E-state index >= 15 is 0 Å². The monoisotopic (exact) mass is 425 g/mol. The van der Waals surface area contributed by atoms with Crippen molar-refractivity contribution in [1.29, 1.82) is 0 Å². The lowest BCUT2D eigenvalue weighted by Crippen LogP contribution is -2.41. The van der Waals surface area contributed by atoms with E-state index in [1.165, 1.54) is 0 Å². The van der Waals surface area contributed by atoms with E-state index in [4.69, 9.17) is 9.47 Å². The number of carbonyl (C=O) groups excluding carboxylic acids is 2. The van der Waals surface area contributed by atoms with E-state index in [2.05, 4.69) is 10.3 Å². The first-order valence-corrected chi connectivity index (χ1v) is 10.7. The molecule has 1 fully saturated rings. The summed E-state index contributed by atoms with van der Waals surface area (Å²) in [5.41, 5.74) is -0.0193. The van der Waals surface area contributed by atoms with Crippen LogP contribution in [0.3, 0.4) is 0 Å². The molecule has 166 valence electrons. The summed E-state index contributed by atoms with van der Waals surface area (Å²) < 4.78 is 11.6. The van der Waals surface area contributed by atoms with Gasteiger partial charge in [0.2, 0.25) is 5.91 Å². The van der Waals surface area contributed by atoms with Crippen molar-refractivity contribution < 1.29 is 19.1 Å². The molecule has 31 heavy (non-hydrogen) atoms. The fraction of sp³-hybridized carbons (Fsp3) is 0.458. The van der Waals surface area contributed by atoms with Crippen molar-refractivity contribution >= 4 is 17.6 Å². The second kappa shape index (κ2) is 9.81. The van der Waals surface area contributed by atoms with Gasteiger partial charge in [0.15, 0.2) is 0 Å². The number of ether oxygens (including phenoxy) is 2. The second-order valence-electron chi connectivity index (χ2n) is 8.65. The molecule has 2 aromatic rings. The number of nitrogens with zero attached hydrogens (tertiary/aromatic N) is 2. The number of anilines is 1. The molecule has 0 unspecified atom stereocenters. The number of aromatic nitrogens is 1. The summed E-state index contributed by atoms with van der Waals surface area (Å²) in [6, 6.07) is 10.9. The van der Waals surface area contributed by atoms with Gasteiger partial charge in [-0.3, -0.25) is 9.59 Å². The summed E-state index contributed by atoms with van der Waals surface area (Å²) >= 11 is 0. The molecule has 0 saturated carbocycles. The maximum Gasteiger partial charge on any atom is 0.254 e. The summed E-state index contributed by atoms with van der Waals surface area (Å²) in [6.45, 7) is 9.27. The molecule has 1 N–H and O–H groups in total. The number of amides is 2. The van der Waals surface area contributed by atoms with E-state index in [9.17, 15) is 9.59 Å². The Bertz CT molecular complexity index is 915. The normalized spacial score (nSPS) is 14.8. The van der Waals surface area contributed by atoms with Crippen LogP contribution in [0.1, 0.15) is 50.9 Å². The molecular formula is C24H31N3O4. The van der Waals surface area contributed by atoms with E-state index in [0.717, 1.165) is 24.3 Å². The molecule has 1 aromatic carbocycles. The highest BCUT2D eigenvalue weighted by atomic mass is 16.5. The minimum Gasteiger partial charge on any atom is -0.494 e. The third kappa shape index (κ3) is 6.20. The van der Waals surface area contributed by atoms with E-state index in [0.29, 0.717) is 31.1 Å². The van der Waals surface area contributed by atoms with E-state index < -0.39 is 5.41 Å². The largest absolute Gasteiger partial charge is 0.494 e. The topological polar surface area (TPSA) is 80.8 Å². The first kappa shape index (κ1) is 22.6. The molecule has 1 aliphatic rings. The number of carbonyl (C=O) groups is 2. The second-order valence-corrected chi connectivity index (χ2v) is 8.65. The third-order valence-electron chi connectivity index (χ3n) is 5.08. The van der Waals surface area contributed by atoms with Crippen molar-refractivity contribution in [2.45, 2.75) is 46.6 Å². The molecule has 7 heteroatoms. The number of benzene rings is 1. The van der Waals surface area contributed by atoms with Crippen LogP contribution in [-0.4, -0.2) is 47.5 Å². The van der Waals surface area contributed by atoms with Gasteiger partial charge in [-0.05, 0) is 31.2 Å². The van der Waals surface area contributed by atoms with Gasteiger partial charge >= 0.3 is 0 Å². The molecule has 0 radical (unpaired) electrons. The van der Waals surface area contributed by atoms with Crippen LogP contribution < -0.4 is 14.8 Å². The molecule has 1 aliphatic heterocycles. The Hall–Kier alpha value is -3.09. The van der Waals surface area contributed by atoms with Crippen LogP contribution in [-0.2, 0) is 4.79 Å². The number of likely N-dealkylation sites (tertiary alicyclic amines) is 1. The zero-order valence-electron chi connectivity index (χ0n) is 18.7. The minimum atomic E-state index is -0.536. The molecule has 7 nitrogen and oxygen atoms in total. The summed E-state index contributed by atoms with van der Waals surface area (Å²) in [7, 11) is 0. The van der Waals surface area contributed by atoms with E-state index in [1.54, 1.807) is 18.3 Å². The zero-order valence-corrected chi connectivity index (χ0v) is 18.7. The van der Waals surface area contributed by atoms with Crippen LogP contribution in [0, 0.1) is 5.41 Å². The summed E-state index contributed by atoms with van der Waals surface area (Å²) in [4.78, 5) is 31.1. The van der Waals surface area contributed by atoms with Gasteiger partial charge in [-0.1, -0.05) is 26.8 Å². The Morgan fingerprint density at radius 3 is 2.52 bits per heavy atom. The lowest BCUT2D eigenvalue weighted by atomic mass is 9.96. The number of pyridine rings is 1. The van der Waals surface area contributed by atoms with Crippen LogP contribution >= 0.6 is 0 Å². The number of hydrogen-bond acceptors (Lipinski definition) is 5. The van der Waals surface area contributed by atoms with Gasteiger partial charge in [0.25, 0.3) is 5.91 Å². The molecule has 0 aliphatic carbocycles. The molecule has 0 atom stereocenters. The highest BCUT2D eigenvalue weighted by Gasteiger charge is 2.26. The van der Waals surface area contributed by atoms with Crippen molar-refractivity contribution in [3.63, 3.8) is 0 Å². The van der Waals surface area contributed by atoms with E-state index in [-0.39, 0.29) is 17.9 Å².